The summed E-state index contributed by atoms with van der Waals surface area (Å²) in [5.41, 5.74) is 4.44. The van der Waals surface area contributed by atoms with E-state index in [1.165, 1.54) is 24.3 Å². The van der Waals surface area contributed by atoms with Crippen molar-refractivity contribution in [2.45, 2.75) is 0 Å². The van der Waals surface area contributed by atoms with Gasteiger partial charge in [-0.15, -0.1) is 0 Å². The van der Waals surface area contributed by atoms with Crippen molar-refractivity contribution in [2.24, 2.45) is 0 Å². The van der Waals surface area contributed by atoms with E-state index in [0.717, 1.165) is 22.3 Å². The van der Waals surface area contributed by atoms with Crippen molar-refractivity contribution < 1.29 is 8.78 Å². The highest BCUT2D eigenvalue weighted by Crippen LogP contribution is 2.22. The Balaban J connectivity index is 0.000000141. The highest BCUT2D eigenvalue weighted by molar-refractivity contribution is 7.08. The lowest BCUT2D eigenvalue weighted by atomic mass is 10.1. The molecule has 0 aliphatic heterocycles. The zero-order chi connectivity index (χ0) is 16.8. The summed E-state index contributed by atoms with van der Waals surface area (Å²) in [7, 11) is 0. The standard InChI is InChI=1S/2C10H7FS/c2*11-10-3-1-8(2-4-10)9-5-6-12-7-9/h2*1-7H. The molecule has 0 saturated carbocycles. The van der Waals surface area contributed by atoms with Crippen LogP contribution in [-0.2, 0) is 0 Å². The van der Waals surface area contributed by atoms with Gasteiger partial charge >= 0.3 is 0 Å². The molecule has 2 aromatic carbocycles. The van der Waals surface area contributed by atoms with E-state index >= 15 is 0 Å². The molecule has 0 fully saturated rings. The predicted octanol–water partition coefficient (Wildman–Crippen LogP) is 7.11. The zero-order valence-electron chi connectivity index (χ0n) is 12.7. The predicted molar refractivity (Wildman–Crippen MR) is 99.4 cm³/mol. The molecule has 0 spiro atoms. The molecule has 0 nitrogen and oxygen atoms in total. The van der Waals surface area contributed by atoms with Gasteiger partial charge < -0.3 is 0 Å². The second-order valence-electron chi connectivity index (χ2n) is 5.04. The zero-order valence-corrected chi connectivity index (χ0v) is 14.3. The summed E-state index contributed by atoms with van der Waals surface area (Å²) in [6, 6.07) is 17.1. The Morgan fingerprint density at radius 3 is 1.12 bits per heavy atom. The SMILES string of the molecule is Fc1ccc(-c2ccsc2)cc1.Fc1ccc(-c2ccsc2)cc1. The van der Waals surface area contributed by atoms with Gasteiger partial charge in [0.2, 0.25) is 0 Å². The van der Waals surface area contributed by atoms with Gasteiger partial charge in [0.25, 0.3) is 0 Å². The summed E-state index contributed by atoms with van der Waals surface area (Å²) >= 11 is 3.29. The second kappa shape index (κ2) is 7.99. The lowest BCUT2D eigenvalue weighted by Crippen LogP contribution is -1.74. The van der Waals surface area contributed by atoms with Crippen molar-refractivity contribution in [1.82, 2.24) is 0 Å². The number of benzene rings is 2. The number of thiophene rings is 2. The van der Waals surface area contributed by atoms with Crippen LogP contribution in [0.3, 0.4) is 0 Å². The van der Waals surface area contributed by atoms with Gasteiger partial charge in [0, 0.05) is 0 Å². The quantitative estimate of drug-likeness (QED) is 0.359. The molecule has 0 aliphatic carbocycles. The summed E-state index contributed by atoms with van der Waals surface area (Å²) in [6.45, 7) is 0. The summed E-state index contributed by atoms with van der Waals surface area (Å²) in [6.07, 6.45) is 0. The van der Waals surface area contributed by atoms with Gasteiger partial charge in [-0.05, 0) is 80.2 Å². The number of hydrogen-bond donors (Lipinski definition) is 0. The number of hydrogen-bond acceptors (Lipinski definition) is 2. The van der Waals surface area contributed by atoms with E-state index in [4.69, 9.17) is 0 Å². The smallest absolute Gasteiger partial charge is 0.123 e. The molecule has 4 heteroatoms. The first-order chi connectivity index (χ1) is 11.7. The Morgan fingerprint density at radius 1 is 0.458 bits per heavy atom. The van der Waals surface area contributed by atoms with Gasteiger partial charge in [0.1, 0.15) is 11.6 Å². The van der Waals surface area contributed by atoms with Crippen LogP contribution in [0.1, 0.15) is 0 Å². The first-order valence-corrected chi connectivity index (χ1v) is 9.17. The average molecular weight is 356 g/mol. The van der Waals surface area contributed by atoms with Crippen LogP contribution in [-0.4, -0.2) is 0 Å². The Morgan fingerprint density at radius 2 is 0.833 bits per heavy atom. The topological polar surface area (TPSA) is 0 Å². The molecule has 120 valence electrons. The van der Waals surface area contributed by atoms with Crippen LogP contribution in [0.2, 0.25) is 0 Å². The second-order valence-corrected chi connectivity index (χ2v) is 6.60. The van der Waals surface area contributed by atoms with Crippen LogP contribution in [0.15, 0.2) is 82.2 Å². The fraction of sp³-hybridized carbons (Fsp3) is 0. The van der Waals surface area contributed by atoms with Crippen LogP contribution in [0.25, 0.3) is 22.3 Å². The van der Waals surface area contributed by atoms with Gasteiger partial charge in [-0.25, -0.2) is 8.78 Å². The van der Waals surface area contributed by atoms with Crippen molar-refractivity contribution in [3.8, 4) is 22.3 Å². The molecule has 2 aromatic heterocycles. The fourth-order valence-electron chi connectivity index (χ4n) is 2.14. The first-order valence-electron chi connectivity index (χ1n) is 7.28. The van der Waals surface area contributed by atoms with Gasteiger partial charge in [-0.3, -0.25) is 0 Å². The molecule has 0 radical (unpaired) electrons. The monoisotopic (exact) mass is 356 g/mol. The van der Waals surface area contributed by atoms with Crippen molar-refractivity contribution in [3.05, 3.63) is 93.8 Å². The minimum atomic E-state index is -0.186. The van der Waals surface area contributed by atoms with Crippen molar-refractivity contribution >= 4 is 22.7 Å². The van der Waals surface area contributed by atoms with Crippen LogP contribution >= 0.6 is 22.7 Å². The molecule has 24 heavy (non-hydrogen) atoms. The van der Waals surface area contributed by atoms with Gasteiger partial charge in [-0.1, -0.05) is 24.3 Å². The van der Waals surface area contributed by atoms with E-state index in [-0.39, 0.29) is 11.6 Å². The minimum Gasteiger partial charge on any atom is -0.207 e. The molecular formula is C20H14F2S2. The summed E-state index contributed by atoms with van der Waals surface area (Å²) < 4.78 is 25.1. The molecule has 0 N–H and O–H groups in total. The lowest BCUT2D eigenvalue weighted by molar-refractivity contribution is 0.627. The molecular weight excluding hydrogens is 342 g/mol. The van der Waals surface area contributed by atoms with Crippen molar-refractivity contribution in [1.29, 1.82) is 0 Å². The normalized spacial score (nSPS) is 10.1. The Kier molecular flexibility index (Phi) is 5.51. The minimum absolute atomic E-state index is 0.186. The Bertz CT molecular complexity index is 771. The van der Waals surface area contributed by atoms with E-state index in [1.54, 1.807) is 46.9 Å². The van der Waals surface area contributed by atoms with Crippen LogP contribution in [0, 0.1) is 11.6 Å². The molecule has 4 rings (SSSR count). The highest BCUT2D eigenvalue weighted by Gasteiger charge is 1.97. The van der Waals surface area contributed by atoms with E-state index in [1.807, 2.05) is 33.7 Å². The van der Waals surface area contributed by atoms with Crippen molar-refractivity contribution in [3.63, 3.8) is 0 Å². The number of rotatable bonds is 2. The Hall–Kier alpha value is -2.30. The molecule has 0 atom stereocenters. The van der Waals surface area contributed by atoms with E-state index < -0.39 is 0 Å². The molecule has 2 heterocycles. The van der Waals surface area contributed by atoms with E-state index in [9.17, 15) is 8.78 Å². The van der Waals surface area contributed by atoms with Crippen LogP contribution < -0.4 is 0 Å². The maximum Gasteiger partial charge on any atom is 0.123 e. The fourth-order valence-corrected chi connectivity index (χ4v) is 3.47. The first kappa shape index (κ1) is 16.6. The van der Waals surface area contributed by atoms with Gasteiger partial charge in [0.15, 0.2) is 0 Å². The molecule has 0 amide bonds. The third kappa shape index (κ3) is 4.37. The highest BCUT2D eigenvalue weighted by atomic mass is 32.1. The molecule has 0 bridgehead atoms. The summed E-state index contributed by atoms with van der Waals surface area (Å²) in [5, 5.41) is 8.12. The van der Waals surface area contributed by atoms with Gasteiger partial charge in [-0.2, -0.15) is 22.7 Å². The largest absolute Gasteiger partial charge is 0.207 e. The molecule has 0 aliphatic rings. The molecule has 0 unspecified atom stereocenters. The van der Waals surface area contributed by atoms with E-state index in [0.29, 0.717) is 0 Å². The Labute approximate surface area is 147 Å². The van der Waals surface area contributed by atoms with Gasteiger partial charge in [0.05, 0.1) is 0 Å². The maximum absolute atomic E-state index is 12.5. The van der Waals surface area contributed by atoms with Crippen molar-refractivity contribution in [2.75, 3.05) is 0 Å². The maximum atomic E-state index is 12.5. The van der Waals surface area contributed by atoms with E-state index in [2.05, 4.69) is 0 Å². The molecule has 0 saturated heterocycles. The molecule has 4 aromatic rings. The summed E-state index contributed by atoms with van der Waals surface area (Å²) in [5.74, 6) is -0.372. The third-order valence-electron chi connectivity index (χ3n) is 3.40. The summed E-state index contributed by atoms with van der Waals surface area (Å²) in [4.78, 5) is 0. The van der Waals surface area contributed by atoms with Crippen LogP contribution in [0.4, 0.5) is 8.78 Å². The lowest BCUT2D eigenvalue weighted by Gasteiger charge is -1.95. The number of halogens is 2. The van der Waals surface area contributed by atoms with Crippen LogP contribution in [0.5, 0.6) is 0 Å². The third-order valence-corrected chi connectivity index (χ3v) is 4.76. The average Bonchev–Trinajstić information content (AvgIpc) is 3.31.